The highest BCUT2D eigenvalue weighted by atomic mass is 32.2. The van der Waals surface area contributed by atoms with Gasteiger partial charge in [0.25, 0.3) is 0 Å². The van der Waals surface area contributed by atoms with Crippen LogP contribution in [0.1, 0.15) is 18.9 Å². The molecular formula is C17H23N5O2S. The summed E-state index contributed by atoms with van der Waals surface area (Å²) in [4.78, 5) is 12.0. The SMILES string of the molecule is C=CCn1c(N)nnc1SCC(=O)NCc1ccc(OCCC)cc1. The normalized spacial score (nSPS) is 10.4. The molecule has 0 saturated carbocycles. The Kier molecular flexibility index (Phi) is 7.34. The van der Waals surface area contributed by atoms with Gasteiger partial charge in [-0.3, -0.25) is 9.36 Å². The summed E-state index contributed by atoms with van der Waals surface area (Å²) in [5.74, 6) is 1.32. The van der Waals surface area contributed by atoms with Gasteiger partial charge in [0.15, 0.2) is 5.16 Å². The van der Waals surface area contributed by atoms with Crippen LogP contribution in [0.15, 0.2) is 42.1 Å². The molecule has 0 aliphatic heterocycles. The van der Waals surface area contributed by atoms with Crippen molar-refractivity contribution in [1.82, 2.24) is 20.1 Å². The number of thioether (sulfide) groups is 1. The Morgan fingerprint density at radius 3 is 2.84 bits per heavy atom. The first-order chi connectivity index (χ1) is 12.1. The second kappa shape index (κ2) is 9.73. The van der Waals surface area contributed by atoms with Crippen molar-refractivity contribution in [3.8, 4) is 5.75 Å². The number of anilines is 1. The first-order valence-electron chi connectivity index (χ1n) is 8.04. The van der Waals surface area contributed by atoms with Crippen LogP contribution in [0.4, 0.5) is 5.95 Å². The van der Waals surface area contributed by atoms with E-state index in [0.29, 0.717) is 30.8 Å². The Bertz CT molecular complexity index is 700. The Morgan fingerprint density at radius 2 is 2.16 bits per heavy atom. The maximum atomic E-state index is 12.0. The quantitative estimate of drug-likeness (QED) is 0.498. The number of hydrogen-bond donors (Lipinski definition) is 2. The monoisotopic (exact) mass is 361 g/mol. The van der Waals surface area contributed by atoms with E-state index in [4.69, 9.17) is 10.5 Å². The molecule has 1 aromatic carbocycles. The number of allylic oxidation sites excluding steroid dienone is 1. The molecule has 0 radical (unpaired) electrons. The molecule has 1 heterocycles. The number of rotatable bonds is 10. The summed E-state index contributed by atoms with van der Waals surface area (Å²) in [7, 11) is 0. The molecule has 7 nitrogen and oxygen atoms in total. The van der Waals surface area contributed by atoms with Gasteiger partial charge in [-0.25, -0.2) is 0 Å². The van der Waals surface area contributed by atoms with Crippen LogP contribution in [-0.4, -0.2) is 33.0 Å². The zero-order valence-corrected chi connectivity index (χ0v) is 15.1. The number of benzene rings is 1. The minimum atomic E-state index is -0.0805. The van der Waals surface area contributed by atoms with Gasteiger partial charge in [0.2, 0.25) is 11.9 Å². The van der Waals surface area contributed by atoms with Gasteiger partial charge in [-0.2, -0.15) is 0 Å². The number of carbonyl (C=O) groups excluding carboxylic acids is 1. The van der Waals surface area contributed by atoms with E-state index in [1.54, 1.807) is 10.6 Å². The fraction of sp³-hybridized carbons (Fsp3) is 0.353. The molecule has 0 fully saturated rings. The zero-order valence-electron chi connectivity index (χ0n) is 14.3. The van der Waals surface area contributed by atoms with E-state index < -0.39 is 0 Å². The van der Waals surface area contributed by atoms with Crippen molar-refractivity contribution in [3.63, 3.8) is 0 Å². The van der Waals surface area contributed by atoms with Gasteiger partial charge in [0.05, 0.1) is 12.4 Å². The predicted molar refractivity (Wildman–Crippen MR) is 99.4 cm³/mol. The lowest BCUT2D eigenvalue weighted by Gasteiger charge is -2.08. The Balaban J connectivity index is 1.78. The topological polar surface area (TPSA) is 95.1 Å². The summed E-state index contributed by atoms with van der Waals surface area (Å²) in [6, 6.07) is 7.71. The second-order valence-corrected chi connectivity index (χ2v) is 6.24. The largest absolute Gasteiger partial charge is 0.494 e. The van der Waals surface area contributed by atoms with Crippen molar-refractivity contribution >= 4 is 23.6 Å². The lowest BCUT2D eigenvalue weighted by molar-refractivity contribution is -0.118. The van der Waals surface area contributed by atoms with Gasteiger partial charge < -0.3 is 15.8 Å². The number of nitrogens with one attached hydrogen (secondary N) is 1. The molecule has 25 heavy (non-hydrogen) atoms. The van der Waals surface area contributed by atoms with Crippen molar-refractivity contribution in [2.24, 2.45) is 0 Å². The van der Waals surface area contributed by atoms with E-state index in [2.05, 4.69) is 29.0 Å². The molecule has 0 aliphatic rings. The minimum absolute atomic E-state index is 0.0805. The van der Waals surface area contributed by atoms with E-state index >= 15 is 0 Å². The average molecular weight is 361 g/mol. The van der Waals surface area contributed by atoms with Crippen LogP contribution in [0.25, 0.3) is 0 Å². The van der Waals surface area contributed by atoms with Crippen molar-refractivity contribution < 1.29 is 9.53 Å². The molecule has 3 N–H and O–H groups in total. The summed E-state index contributed by atoms with van der Waals surface area (Å²) in [5, 5.41) is 11.3. The van der Waals surface area contributed by atoms with Crippen LogP contribution in [0, 0.1) is 0 Å². The number of aromatic nitrogens is 3. The van der Waals surface area contributed by atoms with Crippen molar-refractivity contribution in [1.29, 1.82) is 0 Å². The number of nitrogens with two attached hydrogens (primary N) is 1. The molecule has 0 atom stereocenters. The maximum Gasteiger partial charge on any atom is 0.230 e. The average Bonchev–Trinajstić information content (AvgIpc) is 2.97. The van der Waals surface area contributed by atoms with Crippen LogP contribution in [0.2, 0.25) is 0 Å². The number of nitrogens with zero attached hydrogens (tertiary/aromatic N) is 3. The lowest BCUT2D eigenvalue weighted by Crippen LogP contribution is -2.24. The van der Waals surface area contributed by atoms with Crippen LogP contribution in [0.5, 0.6) is 5.75 Å². The fourth-order valence-corrected chi connectivity index (χ4v) is 2.80. The van der Waals surface area contributed by atoms with Gasteiger partial charge in [-0.05, 0) is 24.1 Å². The molecule has 0 unspecified atom stereocenters. The lowest BCUT2D eigenvalue weighted by atomic mass is 10.2. The summed E-state index contributed by atoms with van der Waals surface area (Å²) in [6.45, 7) is 7.41. The second-order valence-electron chi connectivity index (χ2n) is 5.30. The molecule has 2 rings (SSSR count). The minimum Gasteiger partial charge on any atom is -0.494 e. The Labute approximate surface area is 151 Å². The molecule has 1 amide bonds. The Morgan fingerprint density at radius 1 is 1.40 bits per heavy atom. The van der Waals surface area contributed by atoms with Gasteiger partial charge in [0.1, 0.15) is 5.75 Å². The third-order valence-corrected chi connectivity index (χ3v) is 4.24. The third kappa shape index (κ3) is 5.82. The summed E-state index contributed by atoms with van der Waals surface area (Å²) in [6.07, 6.45) is 2.68. The molecule has 8 heteroatoms. The smallest absolute Gasteiger partial charge is 0.230 e. The molecule has 0 saturated heterocycles. The predicted octanol–water partition coefficient (Wildman–Crippen LogP) is 2.24. The number of amides is 1. The van der Waals surface area contributed by atoms with Crippen molar-refractivity contribution in [2.75, 3.05) is 18.1 Å². The highest BCUT2D eigenvalue weighted by Crippen LogP contribution is 2.18. The van der Waals surface area contributed by atoms with Crippen LogP contribution < -0.4 is 15.8 Å². The molecule has 0 spiro atoms. The summed E-state index contributed by atoms with van der Waals surface area (Å²) < 4.78 is 7.24. The summed E-state index contributed by atoms with van der Waals surface area (Å²) >= 11 is 1.29. The van der Waals surface area contributed by atoms with Gasteiger partial charge >= 0.3 is 0 Å². The molecule has 0 bridgehead atoms. The van der Waals surface area contributed by atoms with Gasteiger partial charge in [-0.1, -0.05) is 36.9 Å². The number of carbonyl (C=O) groups is 1. The van der Waals surface area contributed by atoms with E-state index in [-0.39, 0.29) is 11.7 Å². The van der Waals surface area contributed by atoms with E-state index in [1.807, 2.05) is 24.3 Å². The zero-order chi connectivity index (χ0) is 18.1. The highest BCUT2D eigenvalue weighted by Gasteiger charge is 2.11. The van der Waals surface area contributed by atoms with Crippen molar-refractivity contribution in [2.45, 2.75) is 31.6 Å². The molecule has 0 aliphatic carbocycles. The number of nitrogen functional groups attached to an aromatic ring is 1. The standard InChI is InChI=1S/C17H23N5O2S/c1-3-9-22-16(18)20-21-17(22)25-12-15(23)19-11-13-5-7-14(8-6-13)24-10-4-2/h3,5-8H,1,4,9-12H2,2H3,(H2,18,20)(H,19,23). The molecular weight excluding hydrogens is 338 g/mol. The van der Waals surface area contributed by atoms with E-state index in [1.165, 1.54) is 11.8 Å². The maximum absolute atomic E-state index is 12.0. The van der Waals surface area contributed by atoms with Crippen LogP contribution in [-0.2, 0) is 17.9 Å². The van der Waals surface area contributed by atoms with Gasteiger partial charge in [0, 0.05) is 13.1 Å². The molecule has 2 aromatic rings. The van der Waals surface area contributed by atoms with Crippen molar-refractivity contribution in [3.05, 3.63) is 42.5 Å². The molecule has 134 valence electrons. The van der Waals surface area contributed by atoms with Gasteiger partial charge in [-0.15, -0.1) is 16.8 Å². The fourth-order valence-electron chi connectivity index (χ4n) is 2.01. The van der Waals surface area contributed by atoms with E-state index in [9.17, 15) is 4.79 Å². The first-order valence-corrected chi connectivity index (χ1v) is 9.03. The first kappa shape index (κ1) is 18.9. The Hall–Kier alpha value is -2.48. The third-order valence-electron chi connectivity index (χ3n) is 3.28. The molecule has 1 aromatic heterocycles. The van der Waals surface area contributed by atoms with E-state index in [0.717, 1.165) is 17.7 Å². The number of hydrogen-bond acceptors (Lipinski definition) is 6. The van der Waals surface area contributed by atoms with Crippen LogP contribution in [0.3, 0.4) is 0 Å². The van der Waals surface area contributed by atoms with Crippen LogP contribution >= 0.6 is 11.8 Å². The number of ether oxygens (including phenoxy) is 1. The highest BCUT2D eigenvalue weighted by molar-refractivity contribution is 7.99. The summed E-state index contributed by atoms with van der Waals surface area (Å²) in [5.41, 5.74) is 6.74.